The summed E-state index contributed by atoms with van der Waals surface area (Å²) in [7, 11) is 0. The molecule has 0 amide bonds. The second kappa shape index (κ2) is 5.69. The summed E-state index contributed by atoms with van der Waals surface area (Å²) in [6, 6.07) is 7.93. The van der Waals surface area contributed by atoms with Crippen molar-refractivity contribution in [2.75, 3.05) is 11.4 Å². The van der Waals surface area contributed by atoms with E-state index in [2.05, 4.69) is 14.9 Å². The molecule has 0 unspecified atom stereocenters. The van der Waals surface area contributed by atoms with Gasteiger partial charge in [-0.2, -0.15) is 0 Å². The number of benzene rings is 1. The summed E-state index contributed by atoms with van der Waals surface area (Å²) in [4.78, 5) is 21.1. The summed E-state index contributed by atoms with van der Waals surface area (Å²) >= 11 is 6.28. The Balaban J connectivity index is 1.90. The monoisotopic (exact) mass is 303 g/mol. The van der Waals surface area contributed by atoms with E-state index < -0.39 is 5.97 Å². The van der Waals surface area contributed by atoms with Crippen molar-refractivity contribution in [2.24, 2.45) is 0 Å². The van der Waals surface area contributed by atoms with Crippen LogP contribution in [0.2, 0.25) is 5.02 Å². The number of aromatic nitrogens is 2. The van der Waals surface area contributed by atoms with Crippen molar-refractivity contribution >= 4 is 23.4 Å². The maximum atomic E-state index is 10.8. The van der Waals surface area contributed by atoms with Crippen LogP contribution in [-0.4, -0.2) is 27.6 Å². The second-order valence-electron chi connectivity index (χ2n) is 4.94. The van der Waals surface area contributed by atoms with E-state index >= 15 is 0 Å². The van der Waals surface area contributed by atoms with Crippen LogP contribution in [-0.2, 0) is 0 Å². The number of hydrogen-bond acceptors (Lipinski definition) is 4. The van der Waals surface area contributed by atoms with E-state index in [0.717, 1.165) is 30.0 Å². The van der Waals surface area contributed by atoms with Crippen molar-refractivity contribution in [3.63, 3.8) is 0 Å². The Morgan fingerprint density at radius 1 is 1.29 bits per heavy atom. The van der Waals surface area contributed by atoms with E-state index in [4.69, 9.17) is 16.7 Å². The lowest BCUT2D eigenvalue weighted by molar-refractivity contribution is 0.0690. The number of halogens is 1. The van der Waals surface area contributed by atoms with Gasteiger partial charge in [-0.15, -0.1) is 0 Å². The minimum Gasteiger partial charge on any atom is -0.476 e. The molecule has 1 N–H and O–H groups in total. The molecule has 2 heterocycles. The highest BCUT2D eigenvalue weighted by molar-refractivity contribution is 6.31. The predicted octanol–water partition coefficient (Wildman–Crippen LogP) is 3.17. The average molecular weight is 304 g/mol. The smallest absolute Gasteiger partial charge is 0.356 e. The Morgan fingerprint density at radius 3 is 2.76 bits per heavy atom. The highest BCUT2D eigenvalue weighted by Crippen LogP contribution is 2.37. The Morgan fingerprint density at radius 2 is 2.10 bits per heavy atom. The highest BCUT2D eigenvalue weighted by atomic mass is 35.5. The zero-order valence-electron chi connectivity index (χ0n) is 11.2. The molecule has 1 fully saturated rings. The maximum absolute atomic E-state index is 10.8. The van der Waals surface area contributed by atoms with Crippen LogP contribution in [0.5, 0.6) is 0 Å². The number of aromatic carboxylic acids is 1. The minimum atomic E-state index is -1.07. The van der Waals surface area contributed by atoms with E-state index in [1.807, 2.05) is 24.3 Å². The normalized spacial score (nSPS) is 18.0. The molecule has 0 saturated carbocycles. The van der Waals surface area contributed by atoms with E-state index in [0.29, 0.717) is 5.82 Å². The van der Waals surface area contributed by atoms with Gasteiger partial charge in [-0.3, -0.25) is 0 Å². The van der Waals surface area contributed by atoms with Crippen LogP contribution in [0, 0.1) is 0 Å². The first-order valence-electron chi connectivity index (χ1n) is 6.73. The van der Waals surface area contributed by atoms with Crippen LogP contribution < -0.4 is 4.90 Å². The fourth-order valence-corrected chi connectivity index (χ4v) is 2.95. The van der Waals surface area contributed by atoms with Crippen LogP contribution >= 0.6 is 11.6 Å². The van der Waals surface area contributed by atoms with Gasteiger partial charge < -0.3 is 10.0 Å². The lowest BCUT2D eigenvalue weighted by Gasteiger charge is -2.26. The number of rotatable bonds is 3. The number of anilines is 1. The fourth-order valence-electron chi connectivity index (χ4n) is 2.69. The Kier molecular flexibility index (Phi) is 3.75. The van der Waals surface area contributed by atoms with Gasteiger partial charge in [0.2, 0.25) is 0 Å². The molecule has 1 atom stereocenters. The molecule has 1 aromatic carbocycles. The Hall–Kier alpha value is -2.14. The molecule has 1 saturated heterocycles. The van der Waals surface area contributed by atoms with Gasteiger partial charge in [-0.1, -0.05) is 29.8 Å². The Labute approximate surface area is 127 Å². The molecule has 1 aliphatic heterocycles. The third kappa shape index (κ3) is 2.69. The third-order valence-corrected chi connectivity index (χ3v) is 4.01. The molecule has 0 aliphatic carbocycles. The molecule has 2 aromatic rings. The quantitative estimate of drug-likeness (QED) is 0.943. The van der Waals surface area contributed by atoms with Gasteiger partial charge in [0.15, 0.2) is 5.69 Å². The average Bonchev–Trinajstić information content (AvgIpc) is 2.97. The number of carbonyl (C=O) groups is 1. The molecular weight excluding hydrogens is 290 g/mol. The topological polar surface area (TPSA) is 66.3 Å². The van der Waals surface area contributed by atoms with E-state index in [1.165, 1.54) is 12.4 Å². The van der Waals surface area contributed by atoms with Gasteiger partial charge in [0.1, 0.15) is 5.82 Å². The van der Waals surface area contributed by atoms with Crippen LogP contribution in [0.1, 0.15) is 34.9 Å². The van der Waals surface area contributed by atoms with Gasteiger partial charge in [-0.05, 0) is 24.5 Å². The highest BCUT2D eigenvalue weighted by Gasteiger charge is 2.28. The number of nitrogens with zero attached hydrogens (tertiary/aromatic N) is 3. The van der Waals surface area contributed by atoms with E-state index in [1.54, 1.807) is 0 Å². The minimum absolute atomic E-state index is 0.0489. The molecule has 108 valence electrons. The predicted molar refractivity (Wildman–Crippen MR) is 79.8 cm³/mol. The molecule has 6 heteroatoms. The Bertz CT molecular complexity index is 660. The second-order valence-corrected chi connectivity index (χ2v) is 5.35. The summed E-state index contributed by atoms with van der Waals surface area (Å²) in [6.45, 7) is 0.858. The molecule has 21 heavy (non-hydrogen) atoms. The van der Waals surface area contributed by atoms with Crippen LogP contribution in [0.4, 0.5) is 5.82 Å². The summed E-state index contributed by atoms with van der Waals surface area (Å²) in [5.41, 5.74) is 1.02. The lowest BCUT2D eigenvalue weighted by atomic mass is 10.0. The summed E-state index contributed by atoms with van der Waals surface area (Å²) in [5.74, 6) is -0.388. The molecule has 5 nitrogen and oxygen atoms in total. The molecule has 1 aliphatic rings. The standard InChI is InChI=1S/C15H14ClN3O2/c16-11-5-2-1-4-10(11)13-6-3-7-19(13)14-9-17-12(8-18-14)15(20)21/h1-2,4-5,8-9,13H,3,6-7H2,(H,20,21)/t13-/m0/s1. The van der Waals surface area contributed by atoms with Crippen molar-refractivity contribution in [1.29, 1.82) is 0 Å². The first kappa shape index (κ1) is 13.8. The number of hydrogen-bond donors (Lipinski definition) is 1. The molecular formula is C15H14ClN3O2. The zero-order valence-corrected chi connectivity index (χ0v) is 12.0. The van der Waals surface area contributed by atoms with Gasteiger partial charge in [0, 0.05) is 11.6 Å². The third-order valence-electron chi connectivity index (χ3n) is 3.67. The van der Waals surface area contributed by atoms with Crippen molar-refractivity contribution in [2.45, 2.75) is 18.9 Å². The molecule has 0 radical (unpaired) electrons. The zero-order chi connectivity index (χ0) is 14.8. The van der Waals surface area contributed by atoms with E-state index in [9.17, 15) is 4.79 Å². The number of carboxylic acids is 1. The summed E-state index contributed by atoms with van der Waals surface area (Å²) < 4.78 is 0. The first-order chi connectivity index (χ1) is 10.2. The van der Waals surface area contributed by atoms with Gasteiger partial charge >= 0.3 is 5.97 Å². The van der Waals surface area contributed by atoms with Crippen molar-refractivity contribution in [3.8, 4) is 0 Å². The van der Waals surface area contributed by atoms with Crippen molar-refractivity contribution < 1.29 is 9.90 Å². The van der Waals surface area contributed by atoms with Gasteiger partial charge in [0.25, 0.3) is 0 Å². The molecule has 3 rings (SSSR count). The summed E-state index contributed by atoms with van der Waals surface area (Å²) in [5, 5.41) is 9.61. The first-order valence-corrected chi connectivity index (χ1v) is 7.11. The summed E-state index contributed by atoms with van der Waals surface area (Å²) in [6.07, 6.45) is 4.84. The largest absolute Gasteiger partial charge is 0.476 e. The lowest BCUT2D eigenvalue weighted by Crippen LogP contribution is -2.24. The van der Waals surface area contributed by atoms with Gasteiger partial charge in [-0.25, -0.2) is 14.8 Å². The molecule has 0 spiro atoms. The fraction of sp³-hybridized carbons (Fsp3) is 0.267. The number of carboxylic acid groups (broad SMARTS) is 1. The van der Waals surface area contributed by atoms with Crippen LogP contribution in [0.15, 0.2) is 36.7 Å². The molecule has 1 aromatic heterocycles. The van der Waals surface area contributed by atoms with Crippen LogP contribution in [0.25, 0.3) is 0 Å². The van der Waals surface area contributed by atoms with E-state index in [-0.39, 0.29) is 11.7 Å². The molecule has 0 bridgehead atoms. The van der Waals surface area contributed by atoms with Crippen LogP contribution in [0.3, 0.4) is 0 Å². The van der Waals surface area contributed by atoms with Crippen molar-refractivity contribution in [3.05, 3.63) is 52.9 Å². The SMILES string of the molecule is O=C(O)c1cnc(N2CCC[C@H]2c2ccccc2Cl)cn1. The van der Waals surface area contributed by atoms with Crippen molar-refractivity contribution in [1.82, 2.24) is 9.97 Å². The maximum Gasteiger partial charge on any atom is 0.356 e. The van der Waals surface area contributed by atoms with Gasteiger partial charge in [0.05, 0.1) is 18.4 Å².